The number of ether oxygens (including phenoxy) is 2. The van der Waals surface area contributed by atoms with Gasteiger partial charge in [-0.15, -0.1) is 0 Å². The van der Waals surface area contributed by atoms with Crippen molar-refractivity contribution in [3.05, 3.63) is 71.5 Å². The number of hydrogen-bond donors (Lipinski definition) is 0. The second-order valence-corrected chi connectivity index (χ2v) is 5.42. The number of benzene rings is 2. The van der Waals surface area contributed by atoms with E-state index in [2.05, 4.69) is 42.5 Å². The quantitative estimate of drug-likeness (QED) is 0.785. The predicted octanol–water partition coefficient (Wildman–Crippen LogP) is 4.10. The Morgan fingerprint density at radius 2 is 1.90 bits per heavy atom. The number of allylic oxidation sites excluding steroid dienone is 1. The zero-order chi connectivity index (χ0) is 14.7. The highest BCUT2D eigenvalue weighted by atomic mass is 16.5. The molecule has 0 saturated heterocycles. The highest BCUT2D eigenvalue weighted by Gasteiger charge is 2.27. The zero-order valence-corrected chi connectivity index (χ0v) is 12.5. The van der Waals surface area contributed by atoms with Crippen molar-refractivity contribution in [1.82, 2.24) is 0 Å². The van der Waals surface area contributed by atoms with E-state index >= 15 is 0 Å². The summed E-state index contributed by atoms with van der Waals surface area (Å²) in [6.45, 7) is 0. The minimum absolute atomic E-state index is 0.467. The molecule has 0 aliphatic heterocycles. The lowest BCUT2D eigenvalue weighted by Gasteiger charge is -2.12. The summed E-state index contributed by atoms with van der Waals surface area (Å²) in [5, 5.41) is 0. The molecule has 2 aromatic rings. The van der Waals surface area contributed by atoms with E-state index in [-0.39, 0.29) is 0 Å². The fourth-order valence-electron chi connectivity index (χ4n) is 3.09. The van der Waals surface area contributed by atoms with E-state index < -0.39 is 0 Å². The standard InChI is InChI=1S/C19H20O2/c1-20-13-19-16(10-14-6-4-3-5-7-14)11-15-8-9-17(21-2)12-18(15)19/h3-9,12-13,16H,10-11H2,1-2H3/b19-13+. The first-order chi connectivity index (χ1) is 10.3. The van der Waals surface area contributed by atoms with Crippen LogP contribution in [0.2, 0.25) is 0 Å². The molecule has 3 rings (SSSR count). The molecule has 0 N–H and O–H groups in total. The lowest BCUT2D eigenvalue weighted by molar-refractivity contribution is 0.337. The Kier molecular flexibility index (Phi) is 3.96. The van der Waals surface area contributed by atoms with Gasteiger partial charge in [0.05, 0.1) is 20.5 Å². The Labute approximate surface area is 126 Å². The summed E-state index contributed by atoms with van der Waals surface area (Å²) in [5.74, 6) is 1.37. The van der Waals surface area contributed by atoms with Crippen LogP contribution >= 0.6 is 0 Å². The molecule has 1 aliphatic carbocycles. The fraction of sp³-hybridized carbons (Fsp3) is 0.263. The topological polar surface area (TPSA) is 18.5 Å². The van der Waals surface area contributed by atoms with Gasteiger partial charge in [0, 0.05) is 0 Å². The molecule has 1 aliphatic rings. The van der Waals surface area contributed by atoms with Crippen molar-refractivity contribution in [2.24, 2.45) is 5.92 Å². The van der Waals surface area contributed by atoms with Gasteiger partial charge in [-0.2, -0.15) is 0 Å². The Bertz CT molecular complexity index is 644. The SMILES string of the molecule is CO/C=C1/c2cc(OC)ccc2CC1Cc1ccccc1. The van der Waals surface area contributed by atoms with Crippen molar-refractivity contribution in [1.29, 1.82) is 0 Å². The molecular weight excluding hydrogens is 260 g/mol. The molecule has 2 aromatic carbocycles. The zero-order valence-electron chi connectivity index (χ0n) is 12.5. The summed E-state index contributed by atoms with van der Waals surface area (Å²) in [6, 6.07) is 17.0. The van der Waals surface area contributed by atoms with Crippen molar-refractivity contribution in [3.8, 4) is 5.75 Å². The number of hydrogen-bond acceptors (Lipinski definition) is 2. The minimum atomic E-state index is 0.467. The lowest BCUT2D eigenvalue weighted by Crippen LogP contribution is -2.03. The van der Waals surface area contributed by atoms with Crippen LogP contribution in [0.4, 0.5) is 0 Å². The van der Waals surface area contributed by atoms with Crippen LogP contribution < -0.4 is 4.74 Å². The summed E-state index contributed by atoms with van der Waals surface area (Å²) in [6.07, 6.45) is 3.98. The lowest BCUT2D eigenvalue weighted by atomic mass is 9.93. The third-order valence-electron chi connectivity index (χ3n) is 4.10. The molecule has 2 nitrogen and oxygen atoms in total. The van der Waals surface area contributed by atoms with Crippen molar-refractivity contribution in [3.63, 3.8) is 0 Å². The summed E-state index contributed by atoms with van der Waals surface area (Å²) >= 11 is 0. The molecule has 1 unspecified atom stereocenters. The fourth-order valence-corrected chi connectivity index (χ4v) is 3.09. The smallest absolute Gasteiger partial charge is 0.119 e. The first-order valence-corrected chi connectivity index (χ1v) is 7.26. The van der Waals surface area contributed by atoms with Crippen molar-refractivity contribution < 1.29 is 9.47 Å². The molecule has 21 heavy (non-hydrogen) atoms. The van der Waals surface area contributed by atoms with Crippen LogP contribution in [0, 0.1) is 5.92 Å². The molecule has 0 bridgehead atoms. The average molecular weight is 280 g/mol. The van der Waals surface area contributed by atoms with Crippen LogP contribution in [0.1, 0.15) is 16.7 Å². The number of methoxy groups -OCH3 is 2. The molecule has 0 saturated carbocycles. The third-order valence-corrected chi connectivity index (χ3v) is 4.10. The van der Waals surface area contributed by atoms with E-state index in [4.69, 9.17) is 9.47 Å². The van der Waals surface area contributed by atoms with Crippen molar-refractivity contribution in [2.75, 3.05) is 14.2 Å². The van der Waals surface area contributed by atoms with Gasteiger partial charge in [-0.1, -0.05) is 36.4 Å². The second-order valence-electron chi connectivity index (χ2n) is 5.42. The second kappa shape index (κ2) is 6.04. The summed E-state index contributed by atoms with van der Waals surface area (Å²) in [5.41, 5.74) is 5.27. The molecule has 2 heteroatoms. The molecule has 0 heterocycles. The monoisotopic (exact) mass is 280 g/mol. The molecule has 108 valence electrons. The normalized spacial score (nSPS) is 18.6. The van der Waals surface area contributed by atoms with Gasteiger partial charge in [0.15, 0.2) is 0 Å². The Hall–Kier alpha value is -2.22. The number of rotatable bonds is 4. The van der Waals surface area contributed by atoms with E-state index in [1.165, 1.54) is 22.3 Å². The van der Waals surface area contributed by atoms with Gasteiger partial charge in [0.1, 0.15) is 5.75 Å². The molecule has 0 amide bonds. The molecule has 0 aromatic heterocycles. The molecular formula is C19H20O2. The Morgan fingerprint density at radius 1 is 1.10 bits per heavy atom. The summed E-state index contributed by atoms with van der Waals surface area (Å²) < 4.78 is 10.7. The first kappa shape index (κ1) is 13.7. The maximum absolute atomic E-state index is 5.35. The van der Waals surface area contributed by atoms with Gasteiger partial charge >= 0.3 is 0 Å². The highest BCUT2D eigenvalue weighted by molar-refractivity contribution is 5.75. The van der Waals surface area contributed by atoms with Gasteiger partial charge in [0.2, 0.25) is 0 Å². The van der Waals surface area contributed by atoms with Crippen LogP contribution in [-0.2, 0) is 17.6 Å². The maximum atomic E-state index is 5.35. The van der Waals surface area contributed by atoms with Gasteiger partial charge < -0.3 is 9.47 Å². The molecule has 0 radical (unpaired) electrons. The van der Waals surface area contributed by atoms with Crippen LogP contribution in [0.15, 0.2) is 54.8 Å². The van der Waals surface area contributed by atoms with Gasteiger partial charge in [-0.3, -0.25) is 0 Å². The molecule has 1 atom stereocenters. The Morgan fingerprint density at radius 3 is 2.62 bits per heavy atom. The largest absolute Gasteiger partial charge is 0.504 e. The Balaban J connectivity index is 1.92. The molecule has 0 fully saturated rings. The van der Waals surface area contributed by atoms with Crippen LogP contribution in [0.25, 0.3) is 5.57 Å². The van der Waals surface area contributed by atoms with Crippen molar-refractivity contribution >= 4 is 5.57 Å². The molecule has 0 spiro atoms. The van der Waals surface area contributed by atoms with E-state index in [1.54, 1.807) is 14.2 Å². The van der Waals surface area contributed by atoms with Crippen LogP contribution in [-0.4, -0.2) is 14.2 Å². The van der Waals surface area contributed by atoms with Gasteiger partial charge in [-0.05, 0) is 53.2 Å². The van der Waals surface area contributed by atoms with Crippen molar-refractivity contribution in [2.45, 2.75) is 12.8 Å². The average Bonchev–Trinajstić information content (AvgIpc) is 2.85. The third kappa shape index (κ3) is 2.80. The number of fused-ring (bicyclic) bond motifs is 1. The van der Waals surface area contributed by atoms with Crippen LogP contribution in [0.5, 0.6) is 5.75 Å². The summed E-state index contributed by atoms with van der Waals surface area (Å²) in [7, 11) is 3.42. The van der Waals surface area contributed by atoms with E-state index in [0.717, 1.165) is 18.6 Å². The predicted molar refractivity (Wildman–Crippen MR) is 85.3 cm³/mol. The highest BCUT2D eigenvalue weighted by Crippen LogP contribution is 2.40. The first-order valence-electron chi connectivity index (χ1n) is 7.26. The summed E-state index contributed by atoms with van der Waals surface area (Å²) in [4.78, 5) is 0. The van der Waals surface area contributed by atoms with E-state index in [9.17, 15) is 0 Å². The maximum Gasteiger partial charge on any atom is 0.119 e. The van der Waals surface area contributed by atoms with Gasteiger partial charge in [0.25, 0.3) is 0 Å². The van der Waals surface area contributed by atoms with Gasteiger partial charge in [-0.25, -0.2) is 0 Å². The van der Waals surface area contributed by atoms with E-state index in [0.29, 0.717) is 5.92 Å². The van der Waals surface area contributed by atoms with Crippen LogP contribution in [0.3, 0.4) is 0 Å². The van der Waals surface area contributed by atoms with E-state index in [1.807, 2.05) is 12.3 Å². The minimum Gasteiger partial charge on any atom is -0.504 e.